The third kappa shape index (κ3) is 4.59. The summed E-state index contributed by atoms with van der Waals surface area (Å²) in [5.41, 5.74) is 6.86. The fraction of sp³-hybridized carbons (Fsp3) is 0.533. The van der Waals surface area contributed by atoms with E-state index in [4.69, 9.17) is 10.5 Å². The summed E-state index contributed by atoms with van der Waals surface area (Å²) in [6, 6.07) is 10.2. The largest absolute Gasteiger partial charge is 0.378 e. The van der Waals surface area contributed by atoms with E-state index in [9.17, 15) is 4.79 Å². The van der Waals surface area contributed by atoms with Gasteiger partial charge in [0.05, 0.1) is 19.8 Å². The van der Waals surface area contributed by atoms with Crippen molar-refractivity contribution in [2.45, 2.75) is 6.54 Å². The van der Waals surface area contributed by atoms with Crippen molar-refractivity contribution in [3.8, 4) is 0 Å². The van der Waals surface area contributed by atoms with Crippen molar-refractivity contribution in [2.24, 2.45) is 5.73 Å². The Morgan fingerprint density at radius 3 is 2.60 bits per heavy atom. The van der Waals surface area contributed by atoms with Gasteiger partial charge in [0.1, 0.15) is 0 Å². The molecule has 2 N–H and O–H groups in total. The van der Waals surface area contributed by atoms with Gasteiger partial charge in [-0.1, -0.05) is 30.3 Å². The number of ether oxygens (including phenoxy) is 1. The molecule has 2 rings (SSSR count). The third-order valence-electron chi connectivity index (χ3n) is 3.42. The lowest BCUT2D eigenvalue weighted by Gasteiger charge is -2.30. The summed E-state index contributed by atoms with van der Waals surface area (Å²) < 4.78 is 5.27. The quantitative estimate of drug-likeness (QED) is 0.813. The number of benzene rings is 1. The van der Waals surface area contributed by atoms with Crippen molar-refractivity contribution in [1.82, 2.24) is 9.80 Å². The highest BCUT2D eigenvalue weighted by Crippen LogP contribution is 2.05. The Bertz CT molecular complexity index is 405. The lowest BCUT2D eigenvalue weighted by Crippen LogP contribution is -2.46. The van der Waals surface area contributed by atoms with Crippen LogP contribution in [0.4, 0.5) is 0 Å². The van der Waals surface area contributed by atoms with Crippen LogP contribution in [-0.2, 0) is 16.1 Å². The summed E-state index contributed by atoms with van der Waals surface area (Å²) in [5.74, 6) is 0.165. The minimum Gasteiger partial charge on any atom is -0.378 e. The van der Waals surface area contributed by atoms with Crippen molar-refractivity contribution in [2.75, 3.05) is 45.9 Å². The number of nitrogens with two attached hydrogens (primary N) is 1. The van der Waals surface area contributed by atoms with E-state index in [1.54, 1.807) is 0 Å². The summed E-state index contributed by atoms with van der Waals surface area (Å²) in [6.07, 6.45) is 0. The molecular formula is C15H23N3O2. The van der Waals surface area contributed by atoms with Crippen molar-refractivity contribution in [3.05, 3.63) is 35.9 Å². The highest BCUT2D eigenvalue weighted by Gasteiger charge is 2.19. The zero-order valence-electron chi connectivity index (χ0n) is 11.8. The number of rotatable bonds is 6. The molecule has 0 unspecified atom stereocenters. The SMILES string of the molecule is NCCN(CC(=O)N1CCOCC1)Cc1ccccc1. The molecular weight excluding hydrogens is 254 g/mol. The molecule has 0 saturated carbocycles. The second kappa shape index (κ2) is 7.99. The van der Waals surface area contributed by atoms with Crippen molar-refractivity contribution >= 4 is 5.91 Å². The van der Waals surface area contributed by atoms with Crippen LogP contribution >= 0.6 is 0 Å². The van der Waals surface area contributed by atoms with Crippen molar-refractivity contribution in [3.63, 3.8) is 0 Å². The van der Waals surface area contributed by atoms with Gasteiger partial charge in [-0.05, 0) is 5.56 Å². The molecule has 0 atom stereocenters. The highest BCUT2D eigenvalue weighted by molar-refractivity contribution is 5.78. The summed E-state index contributed by atoms with van der Waals surface area (Å²) in [7, 11) is 0. The summed E-state index contributed by atoms with van der Waals surface area (Å²) in [4.78, 5) is 16.2. The first-order chi connectivity index (χ1) is 9.79. The van der Waals surface area contributed by atoms with Crippen LogP contribution in [0, 0.1) is 0 Å². The molecule has 5 heteroatoms. The first kappa shape index (κ1) is 15.0. The zero-order valence-corrected chi connectivity index (χ0v) is 11.8. The zero-order chi connectivity index (χ0) is 14.2. The van der Waals surface area contributed by atoms with Gasteiger partial charge in [-0.3, -0.25) is 9.69 Å². The Morgan fingerprint density at radius 1 is 1.25 bits per heavy atom. The molecule has 0 bridgehead atoms. The first-order valence-corrected chi connectivity index (χ1v) is 7.11. The molecule has 1 fully saturated rings. The van der Waals surface area contributed by atoms with Gasteiger partial charge in [0, 0.05) is 32.7 Å². The molecule has 1 heterocycles. The second-order valence-corrected chi connectivity index (χ2v) is 4.98. The maximum Gasteiger partial charge on any atom is 0.236 e. The number of nitrogens with zero attached hydrogens (tertiary/aromatic N) is 2. The van der Waals surface area contributed by atoms with Gasteiger partial charge < -0.3 is 15.4 Å². The molecule has 1 aliphatic rings. The fourth-order valence-electron chi connectivity index (χ4n) is 2.34. The van der Waals surface area contributed by atoms with E-state index < -0.39 is 0 Å². The minimum absolute atomic E-state index is 0.165. The summed E-state index contributed by atoms with van der Waals surface area (Å²) in [5, 5.41) is 0. The smallest absolute Gasteiger partial charge is 0.236 e. The molecule has 0 radical (unpaired) electrons. The van der Waals surface area contributed by atoms with E-state index in [-0.39, 0.29) is 5.91 Å². The van der Waals surface area contributed by atoms with Crippen LogP contribution in [0.25, 0.3) is 0 Å². The van der Waals surface area contributed by atoms with Gasteiger partial charge >= 0.3 is 0 Å². The van der Waals surface area contributed by atoms with E-state index in [1.165, 1.54) is 5.56 Å². The van der Waals surface area contributed by atoms with Gasteiger partial charge in [0.25, 0.3) is 0 Å². The van der Waals surface area contributed by atoms with Crippen molar-refractivity contribution in [1.29, 1.82) is 0 Å². The second-order valence-electron chi connectivity index (χ2n) is 4.98. The van der Waals surface area contributed by atoms with Gasteiger partial charge in [-0.2, -0.15) is 0 Å². The molecule has 1 saturated heterocycles. The highest BCUT2D eigenvalue weighted by atomic mass is 16.5. The number of carbonyl (C=O) groups is 1. The lowest BCUT2D eigenvalue weighted by molar-refractivity contribution is -0.136. The average molecular weight is 277 g/mol. The van der Waals surface area contributed by atoms with Gasteiger partial charge in [-0.25, -0.2) is 0 Å². The molecule has 5 nitrogen and oxygen atoms in total. The van der Waals surface area contributed by atoms with Crippen LogP contribution in [-0.4, -0.2) is 61.6 Å². The summed E-state index contributed by atoms with van der Waals surface area (Å²) >= 11 is 0. The Kier molecular flexibility index (Phi) is 5.98. The Hall–Kier alpha value is -1.43. The molecule has 1 amide bonds. The van der Waals surface area contributed by atoms with E-state index >= 15 is 0 Å². The van der Waals surface area contributed by atoms with Crippen LogP contribution in [0.3, 0.4) is 0 Å². The number of morpholine rings is 1. The van der Waals surface area contributed by atoms with E-state index in [0.29, 0.717) is 39.4 Å². The molecule has 20 heavy (non-hydrogen) atoms. The molecule has 110 valence electrons. The molecule has 1 aromatic carbocycles. The maximum absolute atomic E-state index is 12.3. The third-order valence-corrected chi connectivity index (χ3v) is 3.42. The molecule has 1 aliphatic heterocycles. The Labute approximate surface area is 120 Å². The van der Waals surface area contributed by atoms with Crippen LogP contribution in [0.2, 0.25) is 0 Å². The molecule has 1 aromatic rings. The normalized spacial score (nSPS) is 15.6. The van der Waals surface area contributed by atoms with E-state index in [1.807, 2.05) is 23.1 Å². The monoisotopic (exact) mass is 277 g/mol. The Balaban J connectivity index is 1.89. The van der Waals surface area contributed by atoms with E-state index in [2.05, 4.69) is 17.0 Å². The predicted octanol–water partition coefficient (Wildman–Crippen LogP) is 0.306. The standard InChI is InChI=1S/C15H23N3O2/c16-6-7-17(12-14-4-2-1-3-5-14)13-15(19)18-8-10-20-11-9-18/h1-5H,6-13,16H2. The van der Waals surface area contributed by atoms with Crippen LogP contribution < -0.4 is 5.73 Å². The van der Waals surface area contributed by atoms with Crippen LogP contribution in [0.5, 0.6) is 0 Å². The number of hydrogen-bond acceptors (Lipinski definition) is 4. The van der Waals surface area contributed by atoms with E-state index in [0.717, 1.165) is 13.1 Å². The minimum atomic E-state index is 0.165. The van der Waals surface area contributed by atoms with Crippen molar-refractivity contribution < 1.29 is 9.53 Å². The Morgan fingerprint density at radius 2 is 1.95 bits per heavy atom. The fourth-order valence-corrected chi connectivity index (χ4v) is 2.34. The average Bonchev–Trinajstić information content (AvgIpc) is 2.49. The number of carbonyl (C=O) groups excluding carboxylic acids is 1. The number of hydrogen-bond donors (Lipinski definition) is 1. The summed E-state index contributed by atoms with van der Waals surface area (Å²) in [6.45, 7) is 5.14. The van der Waals surface area contributed by atoms with Crippen LogP contribution in [0.1, 0.15) is 5.56 Å². The maximum atomic E-state index is 12.3. The van der Waals surface area contributed by atoms with Gasteiger partial charge in [0.15, 0.2) is 0 Å². The molecule has 0 aromatic heterocycles. The molecule has 0 spiro atoms. The van der Waals surface area contributed by atoms with Gasteiger partial charge in [0.2, 0.25) is 5.91 Å². The topological polar surface area (TPSA) is 58.8 Å². The first-order valence-electron chi connectivity index (χ1n) is 7.11. The van der Waals surface area contributed by atoms with Gasteiger partial charge in [-0.15, -0.1) is 0 Å². The number of amides is 1. The predicted molar refractivity (Wildman–Crippen MR) is 78.2 cm³/mol. The van der Waals surface area contributed by atoms with Crippen LogP contribution in [0.15, 0.2) is 30.3 Å². The molecule has 0 aliphatic carbocycles. The lowest BCUT2D eigenvalue weighted by atomic mass is 10.2.